The lowest BCUT2D eigenvalue weighted by atomic mass is 9.92. The molecule has 0 unspecified atom stereocenters. The zero-order valence-corrected chi connectivity index (χ0v) is 15.6. The zero-order valence-electron chi connectivity index (χ0n) is 15.6. The molecule has 7 nitrogen and oxygen atoms in total. The molecule has 0 saturated carbocycles. The van der Waals surface area contributed by atoms with Gasteiger partial charge in [-0.3, -0.25) is 14.9 Å². The van der Waals surface area contributed by atoms with Crippen LogP contribution in [0.3, 0.4) is 0 Å². The molecule has 0 bridgehead atoms. The third kappa shape index (κ3) is 3.33. The molecule has 1 fully saturated rings. The van der Waals surface area contributed by atoms with Crippen molar-refractivity contribution < 1.29 is 9.53 Å². The van der Waals surface area contributed by atoms with Crippen molar-refractivity contribution in [3.8, 4) is 6.07 Å². The fourth-order valence-electron chi connectivity index (χ4n) is 4.09. The summed E-state index contributed by atoms with van der Waals surface area (Å²) in [6.07, 6.45) is 4.09. The number of nitrogens with one attached hydrogen (secondary N) is 1. The highest BCUT2D eigenvalue weighted by molar-refractivity contribution is 5.94. The highest BCUT2D eigenvalue weighted by atomic mass is 16.5. The first-order chi connectivity index (χ1) is 13.1. The maximum atomic E-state index is 13.0. The summed E-state index contributed by atoms with van der Waals surface area (Å²) in [6.45, 7) is 5.39. The van der Waals surface area contributed by atoms with Gasteiger partial charge in [-0.15, -0.1) is 0 Å². The number of hydrogen-bond donors (Lipinski definition) is 1. The molecular formula is C20H23N5O2. The van der Waals surface area contributed by atoms with Crippen LogP contribution in [-0.4, -0.2) is 45.2 Å². The van der Waals surface area contributed by atoms with Crippen molar-refractivity contribution in [3.63, 3.8) is 0 Å². The quantitative estimate of drug-likeness (QED) is 0.883. The molecule has 1 saturated heterocycles. The first kappa shape index (κ1) is 17.7. The molecule has 0 radical (unpaired) electrons. The standard InChI is InChI=1S/C20H23N5O2/c1-12-9-16-18(13(2)27-12)23-24-19(16)20(26)25-7-5-15(6-8-25)17-4-3-14(10-21)11-22-17/h3-4,11-13,15H,5-9H2,1-2H3,(H,23,24)/t12-,13+/m1/s1. The molecular weight excluding hydrogens is 342 g/mol. The average Bonchev–Trinajstić information content (AvgIpc) is 3.12. The van der Waals surface area contributed by atoms with Crippen molar-refractivity contribution >= 4 is 5.91 Å². The van der Waals surface area contributed by atoms with E-state index < -0.39 is 0 Å². The predicted molar refractivity (Wildman–Crippen MR) is 98.1 cm³/mol. The minimum absolute atomic E-state index is 0.0000348. The number of nitrogens with zero attached hydrogens (tertiary/aromatic N) is 4. The van der Waals surface area contributed by atoms with E-state index in [1.807, 2.05) is 24.8 Å². The molecule has 0 spiro atoms. The second-order valence-electron chi connectivity index (χ2n) is 7.41. The first-order valence-electron chi connectivity index (χ1n) is 9.44. The molecule has 1 amide bonds. The highest BCUT2D eigenvalue weighted by Crippen LogP contribution is 2.32. The van der Waals surface area contributed by atoms with E-state index in [0.29, 0.717) is 36.7 Å². The molecule has 2 aliphatic heterocycles. The summed E-state index contributed by atoms with van der Waals surface area (Å²) < 4.78 is 5.81. The van der Waals surface area contributed by atoms with Crippen molar-refractivity contribution in [2.45, 2.75) is 51.2 Å². The summed E-state index contributed by atoms with van der Waals surface area (Å²) >= 11 is 0. The Morgan fingerprint density at radius 2 is 2.11 bits per heavy atom. The van der Waals surface area contributed by atoms with E-state index in [9.17, 15) is 4.79 Å². The molecule has 27 heavy (non-hydrogen) atoms. The number of aromatic amines is 1. The summed E-state index contributed by atoms with van der Waals surface area (Å²) in [6, 6.07) is 5.82. The minimum Gasteiger partial charge on any atom is -0.369 e. The number of aromatic nitrogens is 3. The molecule has 2 aromatic heterocycles. The SMILES string of the molecule is C[C@@H]1Cc2c(C(=O)N3CCC(c4ccc(C#N)cn4)CC3)n[nH]c2[C@H](C)O1. The Kier molecular flexibility index (Phi) is 4.66. The molecule has 4 rings (SSSR count). The highest BCUT2D eigenvalue weighted by Gasteiger charge is 2.33. The van der Waals surface area contributed by atoms with Crippen LogP contribution in [0.5, 0.6) is 0 Å². The summed E-state index contributed by atoms with van der Waals surface area (Å²) in [5.41, 5.74) is 4.04. The Hall–Kier alpha value is -2.72. The number of hydrogen-bond acceptors (Lipinski definition) is 5. The molecule has 2 aliphatic rings. The van der Waals surface area contributed by atoms with Crippen LogP contribution in [0.15, 0.2) is 18.3 Å². The lowest BCUT2D eigenvalue weighted by Gasteiger charge is -2.32. The van der Waals surface area contributed by atoms with E-state index >= 15 is 0 Å². The third-order valence-corrected chi connectivity index (χ3v) is 5.55. The minimum atomic E-state index is -0.0639. The molecule has 2 atom stereocenters. The molecule has 4 heterocycles. The number of piperidine rings is 1. The number of carbonyl (C=O) groups is 1. The van der Waals surface area contributed by atoms with E-state index in [-0.39, 0.29) is 18.1 Å². The number of rotatable bonds is 2. The molecule has 2 aromatic rings. The van der Waals surface area contributed by atoms with Crippen molar-refractivity contribution in [1.29, 1.82) is 5.26 Å². The first-order valence-corrected chi connectivity index (χ1v) is 9.44. The largest absolute Gasteiger partial charge is 0.369 e. The fraction of sp³-hybridized carbons (Fsp3) is 0.500. The summed E-state index contributed by atoms with van der Waals surface area (Å²) in [7, 11) is 0. The van der Waals surface area contributed by atoms with Gasteiger partial charge in [0.1, 0.15) is 6.07 Å². The van der Waals surface area contributed by atoms with E-state index in [2.05, 4.69) is 21.3 Å². The summed E-state index contributed by atoms with van der Waals surface area (Å²) in [4.78, 5) is 19.3. The number of carbonyl (C=O) groups excluding carboxylic acids is 1. The van der Waals surface area contributed by atoms with Gasteiger partial charge < -0.3 is 9.64 Å². The van der Waals surface area contributed by atoms with Crippen molar-refractivity contribution in [3.05, 3.63) is 46.5 Å². The van der Waals surface area contributed by atoms with Crippen LogP contribution in [0.4, 0.5) is 0 Å². The van der Waals surface area contributed by atoms with Gasteiger partial charge >= 0.3 is 0 Å². The number of nitriles is 1. The van der Waals surface area contributed by atoms with E-state index in [0.717, 1.165) is 29.8 Å². The maximum Gasteiger partial charge on any atom is 0.274 e. The summed E-state index contributed by atoms with van der Waals surface area (Å²) in [5, 5.41) is 16.2. The van der Waals surface area contributed by atoms with Gasteiger partial charge in [0.05, 0.1) is 23.5 Å². The molecule has 7 heteroatoms. The Morgan fingerprint density at radius 1 is 1.33 bits per heavy atom. The number of ether oxygens (including phenoxy) is 1. The molecule has 1 N–H and O–H groups in total. The third-order valence-electron chi connectivity index (χ3n) is 5.55. The van der Waals surface area contributed by atoms with Gasteiger partial charge in [0, 0.05) is 42.9 Å². The maximum absolute atomic E-state index is 13.0. The Morgan fingerprint density at radius 3 is 2.78 bits per heavy atom. The van der Waals surface area contributed by atoms with Gasteiger partial charge in [-0.05, 0) is 38.8 Å². The number of fused-ring (bicyclic) bond motifs is 1. The second kappa shape index (κ2) is 7.12. The molecule has 0 aliphatic carbocycles. The van der Waals surface area contributed by atoms with Gasteiger partial charge in [0.25, 0.3) is 5.91 Å². The molecule has 0 aromatic carbocycles. The number of pyridine rings is 1. The number of likely N-dealkylation sites (tertiary alicyclic amines) is 1. The monoisotopic (exact) mass is 365 g/mol. The van der Waals surface area contributed by atoms with E-state index in [4.69, 9.17) is 10.00 Å². The topological polar surface area (TPSA) is 94.9 Å². The van der Waals surface area contributed by atoms with Gasteiger partial charge in [0.15, 0.2) is 5.69 Å². The van der Waals surface area contributed by atoms with Crippen molar-refractivity contribution in [1.82, 2.24) is 20.1 Å². The van der Waals surface area contributed by atoms with Crippen LogP contribution in [0, 0.1) is 11.3 Å². The van der Waals surface area contributed by atoms with E-state index in [1.54, 1.807) is 12.3 Å². The average molecular weight is 365 g/mol. The predicted octanol–water partition coefficient (Wildman–Crippen LogP) is 2.72. The Bertz CT molecular complexity index is 875. The lowest BCUT2D eigenvalue weighted by Crippen LogP contribution is -2.39. The van der Waals surface area contributed by atoms with E-state index in [1.165, 1.54) is 0 Å². The Balaban J connectivity index is 1.44. The van der Waals surface area contributed by atoms with Gasteiger partial charge in [-0.2, -0.15) is 10.4 Å². The number of H-pyrrole nitrogens is 1. The second-order valence-corrected chi connectivity index (χ2v) is 7.41. The van der Waals surface area contributed by atoms with Crippen LogP contribution in [-0.2, 0) is 11.2 Å². The zero-order chi connectivity index (χ0) is 19.0. The van der Waals surface area contributed by atoms with Crippen molar-refractivity contribution in [2.75, 3.05) is 13.1 Å². The smallest absolute Gasteiger partial charge is 0.274 e. The molecule has 140 valence electrons. The van der Waals surface area contributed by atoms with Crippen LogP contribution >= 0.6 is 0 Å². The van der Waals surface area contributed by atoms with Crippen molar-refractivity contribution in [2.24, 2.45) is 0 Å². The van der Waals surface area contributed by atoms with Crippen LogP contribution in [0.25, 0.3) is 0 Å². The van der Waals surface area contributed by atoms with Gasteiger partial charge in [0.2, 0.25) is 0 Å². The van der Waals surface area contributed by atoms with Crippen LogP contribution in [0.2, 0.25) is 0 Å². The fourth-order valence-corrected chi connectivity index (χ4v) is 4.09. The normalized spacial score (nSPS) is 22.9. The van der Waals surface area contributed by atoms with Gasteiger partial charge in [-0.25, -0.2) is 0 Å². The lowest BCUT2D eigenvalue weighted by molar-refractivity contribution is -0.00703. The Labute approximate surface area is 158 Å². The van der Waals surface area contributed by atoms with Gasteiger partial charge in [-0.1, -0.05) is 0 Å². The van der Waals surface area contributed by atoms with Crippen LogP contribution < -0.4 is 0 Å². The van der Waals surface area contributed by atoms with Crippen LogP contribution in [0.1, 0.15) is 71.7 Å². The summed E-state index contributed by atoms with van der Waals surface area (Å²) in [5.74, 6) is 0.323. The number of amides is 1.